The van der Waals surface area contributed by atoms with Crippen LogP contribution in [0.25, 0.3) is 0 Å². The molecular weight excluding hydrogens is 265 g/mol. The van der Waals surface area contributed by atoms with Gasteiger partial charge in [0.2, 0.25) is 10.0 Å². The van der Waals surface area contributed by atoms with Crippen LogP contribution in [-0.4, -0.2) is 37.2 Å². The second-order valence-corrected chi connectivity index (χ2v) is 5.41. The SMILES string of the molecule is C[C@@H](O)CNS(=O)(=O)c1ccc(F)c(C(=O)O)c1. The first-order valence-corrected chi connectivity index (χ1v) is 6.43. The van der Waals surface area contributed by atoms with E-state index < -0.39 is 33.5 Å². The number of aliphatic hydroxyl groups is 1. The number of hydrogen-bond donors (Lipinski definition) is 3. The van der Waals surface area contributed by atoms with Gasteiger partial charge in [-0.05, 0) is 25.1 Å². The number of carboxylic acid groups (broad SMARTS) is 1. The molecule has 0 spiro atoms. The molecule has 1 rings (SSSR count). The van der Waals surface area contributed by atoms with Crippen molar-refractivity contribution in [3.8, 4) is 0 Å². The highest BCUT2D eigenvalue weighted by Gasteiger charge is 2.19. The summed E-state index contributed by atoms with van der Waals surface area (Å²) in [5, 5.41) is 17.6. The molecule has 0 bridgehead atoms. The third-order valence-corrected chi connectivity index (χ3v) is 3.47. The van der Waals surface area contributed by atoms with E-state index in [1.807, 2.05) is 0 Å². The molecule has 0 aliphatic heterocycles. The fourth-order valence-corrected chi connectivity index (χ4v) is 2.30. The lowest BCUT2D eigenvalue weighted by Crippen LogP contribution is -2.30. The van der Waals surface area contributed by atoms with E-state index in [0.717, 1.165) is 18.2 Å². The van der Waals surface area contributed by atoms with Crippen molar-refractivity contribution in [2.45, 2.75) is 17.9 Å². The van der Waals surface area contributed by atoms with E-state index in [9.17, 15) is 17.6 Å². The lowest BCUT2D eigenvalue weighted by Gasteiger charge is -2.09. The quantitative estimate of drug-likeness (QED) is 0.712. The van der Waals surface area contributed by atoms with E-state index in [2.05, 4.69) is 4.72 Å². The highest BCUT2D eigenvalue weighted by atomic mass is 32.2. The molecule has 8 heteroatoms. The molecule has 18 heavy (non-hydrogen) atoms. The Morgan fingerprint density at radius 3 is 2.61 bits per heavy atom. The van der Waals surface area contributed by atoms with Crippen LogP contribution in [0.4, 0.5) is 4.39 Å². The summed E-state index contributed by atoms with van der Waals surface area (Å²) in [5.74, 6) is -2.57. The molecule has 0 saturated carbocycles. The van der Waals surface area contributed by atoms with Crippen LogP contribution in [0.3, 0.4) is 0 Å². The molecule has 0 amide bonds. The second-order valence-electron chi connectivity index (χ2n) is 3.65. The van der Waals surface area contributed by atoms with Gasteiger partial charge in [-0.3, -0.25) is 0 Å². The lowest BCUT2D eigenvalue weighted by molar-refractivity contribution is 0.0691. The number of rotatable bonds is 5. The van der Waals surface area contributed by atoms with Gasteiger partial charge in [0.15, 0.2) is 0 Å². The van der Waals surface area contributed by atoms with Crippen LogP contribution < -0.4 is 4.72 Å². The molecule has 1 atom stereocenters. The number of nitrogens with one attached hydrogen (secondary N) is 1. The largest absolute Gasteiger partial charge is 0.478 e. The highest BCUT2D eigenvalue weighted by molar-refractivity contribution is 7.89. The maximum absolute atomic E-state index is 13.1. The van der Waals surface area contributed by atoms with Crippen LogP contribution >= 0.6 is 0 Å². The number of aromatic carboxylic acids is 1. The van der Waals surface area contributed by atoms with Gasteiger partial charge < -0.3 is 10.2 Å². The first-order chi connectivity index (χ1) is 8.24. The van der Waals surface area contributed by atoms with E-state index in [0.29, 0.717) is 0 Å². The molecule has 0 aliphatic rings. The van der Waals surface area contributed by atoms with Crippen molar-refractivity contribution in [3.63, 3.8) is 0 Å². The Morgan fingerprint density at radius 2 is 2.11 bits per heavy atom. The molecular formula is C10H12FNO5S. The molecule has 100 valence electrons. The molecule has 6 nitrogen and oxygen atoms in total. The van der Waals surface area contributed by atoms with Crippen LogP contribution in [0.1, 0.15) is 17.3 Å². The summed E-state index contributed by atoms with van der Waals surface area (Å²) in [5.41, 5.74) is -0.727. The lowest BCUT2D eigenvalue weighted by atomic mass is 10.2. The van der Waals surface area contributed by atoms with Crippen LogP contribution in [0.15, 0.2) is 23.1 Å². The first-order valence-electron chi connectivity index (χ1n) is 4.94. The summed E-state index contributed by atoms with van der Waals surface area (Å²) in [6, 6.07) is 2.44. The fourth-order valence-electron chi connectivity index (χ4n) is 1.15. The minimum absolute atomic E-state index is 0.220. The molecule has 0 heterocycles. The Hall–Kier alpha value is -1.51. The van der Waals surface area contributed by atoms with E-state index in [4.69, 9.17) is 10.2 Å². The fraction of sp³-hybridized carbons (Fsp3) is 0.300. The van der Waals surface area contributed by atoms with Gasteiger partial charge in [-0.25, -0.2) is 22.3 Å². The van der Waals surface area contributed by atoms with Crippen LogP contribution in [0.2, 0.25) is 0 Å². The van der Waals surface area contributed by atoms with E-state index in [-0.39, 0.29) is 11.4 Å². The van der Waals surface area contributed by atoms with Crippen LogP contribution in [-0.2, 0) is 10.0 Å². The number of halogens is 1. The Balaban J connectivity index is 3.10. The Bertz CT molecular complexity index is 555. The topological polar surface area (TPSA) is 104 Å². The van der Waals surface area contributed by atoms with Gasteiger partial charge in [-0.1, -0.05) is 0 Å². The van der Waals surface area contributed by atoms with E-state index in [1.165, 1.54) is 6.92 Å². The maximum Gasteiger partial charge on any atom is 0.338 e. The van der Waals surface area contributed by atoms with Gasteiger partial charge in [0.1, 0.15) is 5.82 Å². The van der Waals surface area contributed by atoms with Gasteiger partial charge in [-0.2, -0.15) is 0 Å². The maximum atomic E-state index is 13.1. The second kappa shape index (κ2) is 5.42. The molecule has 0 aromatic heterocycles. The van der Waals surface area contributed by atoms with Gasteiger partial charge in [0, 0.05) is 6.54 Å². The van der Waals surface area contributed by atoms with Crippen molar-refractivity contribution >= 4 is 16.0 Å². The third-order valence-electron chi connectivity index (χ3n) is 2.05. The normalized spacial score (nSPS) is 13.3. The summed E-state index contributed by atoms with van der Waals surface area (Å²) < 4.78 is 38.5. The summed E-state index contributed by atoms with van der Waals surface area (Å²) in [7, 11) is -3.97. The number of hydrogen-bond acceptors (Lipinski definition) is 4. The zero-order valence-corrected chi connectivity index (χ0v) is 10.2. The molecule has 1 aromatic carbocycles. The molecule has 0 aliphatic carbocycles. The van der Waals surface area contributed by atoms with Crippen LogP contribution in [0, 0.1) is 5.82 Å². The molecule has 0 unspecified atom stereocenters. The average molecular weight is 277 g/mol. The Kier molecular flexibility index (Phi) is 4.38. The number of benzene rings is 1. The van der Waals surface area contributed by atoms with Gasteiger partial charge in [-0.15, -0.1) is 0 Å². The van der Waals surface area contributed by atoms with Gasteiger partial charge in [0.25, 0.3) is 0 Å². The first kappa shape index (κ1) is 14.6. The van der Waals surface area contributed by atoms with Crippen molar-refractivity contribution in [3.05, 3.63) is 29.6 Å². The summed E-state index contributed by atoms with van der Waals surface area (Å²) in [6.45, 7) is 1.16. The Morgan fingerprint density at radius 1 is 1.50 bits per heavy atom. The summed E-state index contributed by atoms with van der Waals surface area (Å²) >= 11 is 0. The predicted molar refractivity (Wildman–Crippen MR) is 60.2 cm³/mol. The van der Waals surface area contributed by atoms with Crippen LogP contribution in [0.5, 0.6) is 0 Å². The van der Waals surface area contributed by atoms with Crippen molar-refractivity contribution < 1.29 is 27.8 Å². The zero-order chi connectivity index (χ0) is 13.9. The van der Waals surface area contributed by atoms with E-state index >= 15 is 0 Å². The average Bonchev–Trinajstić information content (AvgIpc) is 2.26. The molecule has 0 radical (unpaired) electrons. The Labute approximate surface area is 103 Å². The van der Waals surface area contributed by atoms with Crippen molar-refractivity contribution in [1.29, 1.82) is 0 Å². The summed E-state index contributed by atoms with van der Waals surface area (Å²) in [6.07, 6.45) is -0.890. The molecule has 3 N–H and O–H groups in total. The van der Waals surface area contributed by atoms with Gasteiger partial charge >= 0.3 is 5.97 Å². The van der Waals surface area contributed by atoms with E-state index in [1.54, 1.807) is 0 Å². The minimum Gasteiger partial charge on any atom is -0.478 e. The summed E-state index contributed by atoms with van der Waals surface area (Å²) in [4.78, 5) is 10.3. The zero-order valence-electron chi connectivity index (χ0n) is 9.42. The standard InChI is InChI=1S/C10H12FNO5S/c1-6(13)5-12-18(16,17)7-2-3-9(11)8(4-7)10(14)15/h2-4,6,12-13H,5H2,1H3,(H,14,15)/t6-/m1/s1. The number of carbonyl (C=O) groups is 1. The smallest absolute Gasteiger partial charge is 0.338 e. The highest BCUT2D eigenvalue weighted by Crippen LogP contribution is 2.15. The number of carboxylic acids is 1. The number of sulfonamides is 1. The third kappa shape index (κ3) is 3.49. The number of aliphatic hydroxyl groups excluding tert-OH is 1. The molecule has 0 saturated heterocycles. The van der Waals surface area contributed by atoms with Crippen molar-refractivity contribution in [2.75, 3.05) is 6.54 Å². The minimum atomic E-state index is -3.97. The predicted octanol–water partition coefficient (Wildman–Crippen LogP) is 0.183. The molecule has 0 fully saturated rings. The monoisotopic (exact) mass is 277 g/mol. The molecule has 1 aromatic rings. The van der Waals surface area contributed by atoms with Gasteiger partial charge in [0.05, 0.1) is 16.6 Å². The van der Waals surface area contributed by atoms with Crippen molar-refractivity contribution in [1.82, 2.24) is 4.72 Å². The van der Waals surface area contributed by atoms with Crippen molar-refractivity contribution in [2.24, 2.45) is 0 Å².